The van der Waals surface area contributed by atoms with Gasteiger partial charge in [-0.1, -0.05) is 44.2 Å². The number of amides is 2. The molecule has 9 nitrogen and oxygen atoms in total. The topological polar surface area (TPSA) is 93.5 Å². The fraction of sp³-hybridized carbons (Fsp3) is 0.550. The third-order valence-corrected chi connectivity index (χ3v) is 4.85. The van der Waals surface area contributed by atoms with Crippen LogP contribution in [-0.4, -0.2) is 74.8 Å². The van der Waals surface area contributed by atoms with E-state index in [1.165, 1.54) is 11.0 Å². The lowest BCUT2D eigenvalue weighted by atomic mass is 10.0. The van der Waals surface area contributed by atoms with Gasteiger partial charge in [0.05, 0.1) is 6.61 Å². The van der Waals surface area contributed by atoms with E-state index in [2.05, 4.69) is 15.5 Å². The Labute approximate surface area is 170 Å². The highest BCUT2D eigenvalue weighted by Crippen LogP contribution is 2.18. The molecule has 1 saturated heterocycles. The Kier molecular flexibility index (Phi) is 7.15. The highest BCUT2D eigenvalue weighted by molar-refractivity contribution is 5.81. The van der Waals surface area contributed by atoms with Crippen molar-refractivity contribution in [1.82, 2.24) is 30.0 Å². The zero-order chi connectivity index (χ0) is 20.6. The van der Waals surface area contributed by atoms with Crippen molar-refractivity contribution in [2.45, 2.75) is 32.7 Å². The number of hydrogen-bond acceptors (Lipinski definition) is 6. The van der Waals surface area contributed by atoms with E-state index in [0.717, 1.165) is 5.56 Å². The van der Waals surface area contributed by atoms with Crippen LogP contribution in [0.1, 0.15) is 31.9 Å². The van der Waals surface area contributed by atoms with Crippen LogP contribution in [0.5, 0.6) is 0 Å². The van der Waals surface area contributed by atoms with Crippen LogP contribution >= 0.6 is 0 Å². The molecule has 2 aromatic rings. The third-order valence-electron chi connectivity index (χ3n) is 4.85. The van der Waals surface area contributed by atoms with Gasteiger partial charge in [-0.2, -0.15) is 0 Å². The van der Waals surface area contributed by atoms with Gasteiger partial charge in [0.1, 0.15) is 12.4 Å². The van der Waals surface area contributed by atoms with Crippen LogP contribution in [-0.2, 0) is 16.0 Å². The van der Waals surface area contributed by atoms with Crippen LogP contribution in [0, 0.1) is 5.92 Å². The SMILES string of the molecule is CC(C)COC(=O)N1CCCN(C(=O)[C@H](Cc2ccccc2)n2cnnn2)CC1. The maximum Gasteiger partial charge on any atom is 0.409 e. The highest BCUT2D eigenvalue weighted by atomic mass is 16.6. The average molecular weight is 400 g/mol. The quantitative estimate of drug-likeness (QED) is 0.734. The molecule has 2 heterocycles. The van der Waals surface area contributed by atoms with E-state index in [9.17, 15) is 9.59 Å². The predicted octanol–water partition coefficient (Wildman–Crippen LogP) is 1.78. The number of carbonyl (C=O) groups is 2. The Balaban J connectivity index is 1.66. The smallest absolute Gasteiger partial charge is 0.409 e. The number of nitrogens with zero attached hydrogens (tertiary/aromatic N) is 6. The molecule has 2 amide bonds. The molecule has 0 saturated carbocycles. The van der Waals surface area contributed by atoms with Crippen LogP contribution in [0.15, 0.2) is 36.7 Å². The molecule has 3 rings (SSSR count). The molecule has 1 atom stereocenters. The van der Waals surface area contributed by atoms with Gasteiger partial charge < -0.3 is 14.5 Å². The van der Waals surface area contributed by atoms with E-state index in [0.29, 0.717) is 51.5 Å². The number of carbonyl (C=O) groups excluding carboxylic acids is 2. The van der Waals surface area contributed by atoms with Crippen molar-refractivity contribution < 1.29 is 14.3 Å². The zero-order valence-electron chi connectivity index (χ0n) is 17.0. The number of tetrazole rings is 1. The fourth-order valence-electron chi connectivity index (χ4n) is 3.30. The second-order valence-corrected chi connectivity index (χ2v) is 7.63. The normalized spacial score (nSPS) is 15.8. The van der Waals surface area contributed by atoms with Crippen LogP contribution in [0.2, 0.25) is 0 Å². The van der Waals surface area contributed by atoms with E-state index in [4.69, 9.17) is 4.74 Å². The summed E-state index contributed by atoms with van der Waals surface area (Å²) in [5.41, 5.74) is 1.04. The molecule has 156 valence electrons. The largest absolute Gasteiger partial charge is 0.449 e. The fourth-order valence-corrected chi connectivity index (χ4v) is 3.30. The van der Waals surface area contributed by atoms with Crippen molar-refractivity contribution in [2.24, 2.45) is 5.92 Å². The van der Waals surface area contributed by atoms with Crippen molar-refractivity contribution in [3.05, 3.63) is 42.2 Å². The third kappa shape index (κ3) is 5.75. The Hall–Kier alpha value is -2.97. The van der Waals surface area contributed by atoms with Gasteiger partial charge >= 0.3 is 6.09 Å². The van der Waals surface area contributed by atoms with Gasteiger partial charge in [-0.25, -0.2) is 9.48 Å². The highest BCUT2D eigenvalue weighted by Gasteiger charge is 2.30. The molecule has 1 aromatic heterocycles. The first kappa shape index (κ1) is 20.8. The molecule has 0 spiro atoms. The standard InChI is InChI=1S/C20H28N6O3/c1-16(2)14-29-20(28)25-10-6-9-24(11-12-25)19(27)18(26-15-21-22-23-26)13-17-7-4-3-5-8-17/h3-5,7-8,15-16,18H,6,9-14H2,1-2H3/t18-/m0/s1. The number of rotatable bonds is 6. The monoisotopic (exact) mass is 400 g/mol. The summed E-state index contributed by atoms with van der Waals surface area (Å²) < 4.78 is 6.84. The summed E-state index contributed by atoms with van der Waals surface area (Å²) in [6, 6.07) is 9.29. The maximum absolute atomic E-state index is 13.3. The van der Waals surface area contributed by atoms with Crippen LogP contribution < -0.4 is 0 Å². The molecule has 1 aromatic carbocycles. The minimum atomic E-state index is -0.521. The molecule has 29 heavy (non-hydrogen) atoms. The second-order valence-electron chi connectivity index (χ2n) is 7.63. The van der Waals surface area contributed by atoms with E-state index < -0.39 is 6.04 Å². The maximum atomic E-state index is 13.3. The lowest BCUT2D eigenvalue weighted by molar-refractivity contribution is -0.135. The molecular formula is C20H28N6O3. The van der Waals surface area contributed by atoms with E-state index in [-0.39, 0.29) is 12.0 Å². The Morgan fingerprint density at radius 2 is 1.79 bits per heavy atom. The first-order valence-corrected chi connectivity index (χ1v) is 10.0. The van der Waals surface area contributed by atoms with Crippen molar-refractivity contribution in [3.63, 3.8) is 0 Å². The number of hydrogen-bond donors (Lipinski definition) is 0. The summed E-state index contributed by atoms with van der Waals surface area (Å²) in [7, 11) is 0. The van der Waals surface area contributed by atoms with Gasteiger partial charge in [-0.05, 0) is 28.3 Å². The summed E-state index contributed by atoms with van der Waals surface area (Å²) in [6.45, 7) is 6.48. The van der Waals surface area contributed by atoms with Crippen molar-refractivity contribution in [1.29, 1.82) is 0 Å². The van der Waals surface area contributed by atoms with Crippen molar-refractivity contribution in [3.8, 4) is 0 Å². The van der Waals surface area contributed by atoms with E-state index in [1.54, 1.807) is 9.80 Å². The molecule has 0 N–H and O–H groups in total. The van der Waals surface area contributed by atoms with Crippen molar-refractivity contribution >= 4 is 12.0 Å². The molecule has 0 bridgehead atoms. The second kappa shape index (κ2) is 9.99. The number of ether oxygens (including phenoxy) is 1. The summed E-state index contributed by atoms with van der Waals surface area (Å²) in [4.78, 5) is 29.1. The first-order valence-electron chi connectivity index (χ1n) is 10.0. The van der Waals surface area contributed by atoms with Gasteiger partial charge in [0.15, 0.2) is 0 Å². The van der Waals surface area contributed by atoms with Gasteiger partial charge in [0, 0.05) is 32.6 Å². The van der Waals surface area contributed by atoms with Gasteiger partial charge in [-0.15, -0.1) is 5.10 Å². The van der Waals surface area contributed by atoms with Gasteiger partial charge in [0.2, 0.25) is 5.91 Å². The van der Waals surface area contributed by atoms with Gasteiger partial charge in [0.25, 0.3) is 0 Å². The molecular weight excluding hydrogens is 372 g/mol. The van der Waals surface area contributed by atoms with Crippen LogP contribution in [0.25, 0.3) is 0 Å². The van der Waals surface area contributed by atoms with E-state index in [1.807, 2.05) is 44.2 Å². The molecule has 1 aliphatic heterocycles. The van der Waals surface area contributed by atoms with Crippen molar-refractivity contribution in [2.75, 3.05) is 32.8 Å². The zero-order valence-corrected chi connectivity index (χ0v) is 17.0. The summed E-state index contributed by atoms with van der Waals surface area (Å²) in [5.74, 6) is 0.248. The lowest BCUT2D eigenvalue weighted by Gasteiger charge is -2.26. The molecule has 0 aliphatic carbocycles. The predicted molar refractivity (Wildman–Crippen MR) is 106 cm³/mol. The Bertz CT molecular complexity index is 781. The summed E-state index contributed by atoms with van der Waals surface area (Å²) >= 11 is 0. The molecule has 9 heteroatoms. The summed E-state index contributed by atoms with van der Waals surface area (Å²) in [6.07, 6.45) is 2.37. The van der Waals surface area contributed by atoms with Crippen LogP contribution in [0.3, 0.4) is 0 Å². The average Bonchev–Trinajstić information content (AvgIpc) is 3.14. The number of aromatic nitrogens is 4. The molecule has 0 radical (unpaired) electrons. The summed E-state index contributed by atoms with van der Waals surface area (Å²) in [5, 5.41) is 11.3. The Morgan fingerprint density at radius 1 is 1.07 bits per heavy atom. The van der Waals surface area contributed by atoms with E-state index >= 15 is 0 Å². The first-order chi connectivity index (χ1) is 14.0. The van der Waals surface area contributed by atoms with Gasteiger partial charge in [-0.3, -0.25) is 4.79 Å². The Morgan fingerprint density at radius 3 is 2.48 bits per heavy atom. The minimum Gasteiger partial charge on any atom is -0.449 e. The number of benzene rings is 1. The molecule has 1 aliphatic rings. The lowest BCUT2D eigenvalue weighted by Crippen LogP contribution is -2.41. The van der Waals surface area contributed by atoms with Crippen LogP contribution in [0.4, 0.5) is 4.79 Å². The molecule has 1 fully saturated rings. The molecule has 0 unspecified atom stereocenters. The minimum absolute atomic E-state index is 0.0430.